The molecule has 102 valence electrons. The predicted molar refractivity (Wildman–Crippen MR) is 78.1 cm³/mol. The summed E-state index contributed by atoms with van der Waals surface area (Å²) in [5.41, 5.74) is 1.04. The lowest BCUT2D eigenvalue weighted by Crippen LogP contribution is -2.25. The molecule has 0 unspecified atom stereocenters. The van der Waals surface area contributed by atoms with E-state index in [-0.39, 0.29) is 0 Å². The molecule has 1 N–H and O–H groups in total. The average molecular weight is 250 g/mol. The molecule has 0 radical (unpaired) electrons. The van der Waals surface area contributed by atoms with E-state index in [0.717, 1.165) is 50.8 Å². The van der Waals surface area contributed by atoms with E-state index in [1.165, 1.54) is 0 Å². The Bertz CT molecular complexity index is 353. The molecular weight excluding hydrogens is 224 g/mol. The van der Waals surface area contributed by atoms with Crippen molar-refractivity contribution in [1.29, 1.82) is 0 Å². The quantitative estimate of drug-likeness (QED) is 0.540. The highest BCUT2D eigenvalue weighted by atomic mass is 15.2. The van der Waals surface area contributed by atoms with Crippen molar-refractivity contribution in [1.82, 2.24) is 14.5 Å². The first kappa shape index (κ1) is 14.8. The molecule has 0 amide bonds. The average Bonchev–Trinajstić information content (AvgIpc) is 2.70. The highest BCUT2D eigenvalue weighted by Crippen LogP contribution is 2.08. The summed E-state index contributed by atoms with van der Waals surface area (Å²) >= 11 is 0. The molecule has 0 aliphatic carbocycles. The molecule has 1 heterocycles. The van der Waals surface area contributed by atoms with Crippen LogP contribution in [0.25, 0.3) is 0 Å². The summed E-state index contributed by atoms with van der Waals surface area (Å²) in [6.07, 6.45) is 5.08. The number of aromatic nitrogens is 2. The lowest BCUT2D eigenvalue weighted by Gasteiger charge is -2.17. The third-order valence-corrected chi connectivity index (χ3v) is 3.05. The Balaban J connectivity index is 2.36. The van der Waals surface area contributed by atoms with E-state index in [2.05, 4.69) is 46.4 Å². The van der Waals surface area contributed by atoms with Gasteiger partial charge in [0.25, 0.3) is 0 Å². The summed E-state index contributed by atoms with van der Waals surface area (Å²) in [6, 6.07) is 0. The number of hydrogen-bond acceptors (Lipinski definition) is 3. The monoisotopic (exact) mass is 250 g/mol. The van der Waals surface area contributed by atoms with Crippen LogP contribution in [0, 0.1) is 6.92 Å². The Hall–Kier alpha value is -1.29. The van der Waals surface area contributed by atoms with Gasteiger partial charge in [0.1, 0.15) is 0 Å². The Morgan fingerprint density at radius 1 is 1.44 bits per heavy atom. The minimum atomic E-state index is 0.805. The van der Waals surface area contributed by atoms with Crippen molar-refractivity contribution in [3.63, 3.8) is 0 Å². The minimum Gasteiger partial charge on any atom is -0.356 e. The number of imidazole rings is 1. The summed E-state index contributed by atoms with van der Waals surface area (Å²) in [4.78, 5) is 6.91. The van der Waals surface area contributed by atoms with Gasteiger partial charge in [-0.05, 0) is 33.0 Å². The first-order valence-corrected chi connectivity index (χ1v) is 6.82. The molecule has 0 fully saturated rings. The van der Waals surface area contributed by atoms with Crippen LogP contribution in [-0.4, -0.2) is 40.6 Å². The molecule has 0 aliphatic rings. The number of rotatable bonds is 9. The van der Waals surface area contributed by atoms with Gasteiger partial charge < -0.3 is 14.8 Å². The SMILES string of the molecule is C=CCn1cc(C)nc1NCCCN(CC)CC. The van der Waals surface area contributed by atoms with Crippen molar-refractivity contribution in [2.45, 2.75) is 33.7 Å². The molecule has 0 saturated carbocycles. The summed E-state index contributed by atoms with van der Waals surface area (Å²) in [6.45, 7) is 15.3. The highest BCUT2D eigenvalue weighted by molar-refractivity contribution is 5.28. The van der Waals surface area contributed by atoms with Gasteiger partial charge in [0.2, 0.25) is 5.95 Å². The van der Waals surface area contributed by atoms with Gasteiger partial charge in [0.05, 0.1) is 5.69 Å². The van der Waals surface area contributed by atoms with E-state index in [4.69, 9.17) is 0 Å². The van der Waals surface area contributed by atoms with Crippen LogP contribution in [0.2, 0.25) is 0 Å². The summed E-state index contributed by atoms with van der Waals surface area (Å²) in [5.74, 6) is 0.951. The normalized spacial score (nSPS) is 10.9. The zero-order chi connectivity index (χ0) is 13.4. The van der Waals surface area contributed by atoms with E-state index in [9.17, 15) is 0 Å². The van der Waals surface area contributed by atoms with Gasteiger partial charge in [-0.1, -0.05) is 19.9 Å². The fraction of sp³-hybridized carbons (Fsp3) is 0.643. The second kappa shape index (κ2) is 7.93. The molecule has 1 aromatic heterocycles. The third-order valence-electron chi connectivity index (χ3n) is 3.05. The van der Waals surface area contributed by atoms with Gasteiger partial charge in [0, 0.05) is 19.3 Å². The lowest BCUT2D eigenvalue weighted by molar-refractivity contribution is 0.303. The predicted octanol–water partition coefficient (Wildman–Crippen LogP) is 2.52. The molecule has 18 heavy (non-hydrogen) atoms. The van der Waals surface area contributed by atoms with Gasteiger partial charge in [-0.3, -0.25) is 0 Å². The minimum absolute atomic E-state index is 0.805. The van der Waals surface area contributed by atoms with Crippen molar-refractivity contribution >= 4 is 5.95 Å². The van der Waals surface area contributed by atoms with Crippen molar-refractivity contribution in [2.24, 2.45) is 0 Å². The molecule has 0 bridgehead atoms. The maximum atomic E-state index is 4.48. The standard InChI is InChI=1S/C14H26N4/c1-5-10-18-12-13(4)16-14(18)15-9-8-11-17(6-2)7-3/h5,12H,1,6-11H2,2-4H3,(H,15,16). The second-order valence-electron chi connectivity index (χ2n) is 4.45. The number of anilines is 1. The highest BCUT2D eigenvalue weighted by Gasteiger charge is 2.04. The lowest BCUT2D eigenvalue weighted by atomic mass is 10.3. The van der Waals surface area contributed by atoms with Crippen LogP contribution >= 0.6 is 0 Å². The maximum Gasteiger partial charge on any atom is 0.203 e. The Kier molecular flexibility index (Phi) is 6.50. The number of nitrogens with one attached hydrogen (secondary N) is 1. The van der Waals surface area contributed by atoms with Crippen molar-refractivity contribution in [3.8, 4) is 0 Å². The number of aryl methyl sites for hydroxylation is 1. The van der Waals surface area contributed by atoms with Gasteiger partial charge in [-0.2, -0.15) is 0 Å². The van der Waals surface area contributed by atoms with Crippen LogP contribution in [0.1, 0.15) is 26.0 Å². The Morgan fingerprint density at radius 3 is 2.78 bits per heavy atom. The second-order valence-corrected chi connectivity index (χ2v) is 4.45. The van der Waals surface area contributed by atoms with E-state index in [1.807, 2.05) is 13.0 Å². The van der Waals surface area contributed by atoms with Crippen LogP contribution in [-0.2, 0) is 6.54 Å². The zero-order valence-electron chi connectivity index (χ0n) is 11.9. The Morgan fingerprint density at radius 2 is 2.17 bits per heavy atom. The van der Waals surface area contributed by atoms with Crippen molar-refractivity contribution < 1.29 is 0 Å². The largest absolute Gasteiger partial charge is 0.356 e. The van der Waals surface area contributed by atoms with Crippen LogP contribution in [0.15, 0.2) is 18.9 Å². The van der Waals surface area contributed by atoms with Gasteiger partial charge in [-0.15, -0.1) is 6.58 Å². The number of allylic oxidation sites excluding steroid dienone is 1. The van der Waals surface area contributed by atoms with E-state index >= 15 is 0 Å². The summed E-state index contributed by atoms with van der Waals surface area (Å²) in [7, 11) is 0. The van der Waals surface area contributed by atoms with Crippen LogP contribution in [0.3, 0.4) is 0 Å². The molecule has 0 atom stereocenters. The molecule has 0 aliphatic heterocycles. The molecule has 4 heteroatoms. The molecular formula is C14H26N4. The molecule has 1 aromatic rings. The smallest absolute Gasteiger partial charge is 0.203 e. The molecule has 0 saturated heterocycles. The first-order chi connectivity index (χ1) is 8.71. The number of hydrogen-bond donors (Lipinski definition) is 1. The Labute approximate surface area is 111 Å². The third kappa shape index (κ3) is 4.53. The van der Waals surface area contributed by atoms with E-state index in [1.54, 1.807) is 0 Å². The van der Waals surface area contributed by atoms with Gasteiger partial charge >= 0.3 is 0 Å². The fourth-order valence-electron chi connectivity index (χ4n) is 2.01. The summed E-state index contributed by atoms with van der Waals surface area (Å²) < 4.78 is 2.10. The van der Waals surface area contributed by atoms with E-state index in [0.29, 0.717) is 0 Å². The van der Waals surface area contributed by atoms with Gasteiger partial charge in [0.15, 0.2) is 0 Å². The number of nitrogens with zero attached hydrogens (tertiary/aromatic N) is 3. The maximum absolute atomic E-state index is 4.48. The van der Waals surface area contributed by atoms with Gasteiger partial charge in [-0.25, -0.2) is 4.98 Å². The summed E-state index contributed by atoms with van der Waals surface area (Å²) in [5, 5.41) is 3.40. The first-order valence-electron chi connectivity index (χ1n) is 6.82. The van der Waals surface area contributed by atoms with Crippen molar-refractivity contribution in [3.05, 3.63) is 24.5 Å². The van der Waals surface area contributed by atoms with E-state index < -0.39 is 0 Å². The molecule has 4 nitrogen and oxygen atoms in total. The molecule has 1 rings (SSSR count). The van der Waals surface area contributed by atoms with Crippen LogP contribution < -0.4 is 5.32 Å². The van der Waals surface area contributed by atoms with Crippen LogP contribution in [0.4, 0.5) is 5.95 Å². The molecule has 0 spiro atoms. The van der Waals surface area contributed by atoms with Crippen molar-refractivity contribution in [2.75, 3.05) is 31.5 Å². The molecule has 0 aromatic carbocycles. The van der Waals surface area contributed by atoms with Crippen LogP contribution in [0.5, 0.6) is 0 Å². The topological polar surface area (TPSA) is 33.1 Å². The zero-order valence-corrected chi connectivity index (χ0v) is 11.9. The fourth-order valence-corrected chi connectivity index (χ4v) is 2.01.